The first kappa shape index (κ1) is 26.3. The van der Waals surface area contributed by atoms with Gasteiger partial charge in [0.25, 0.3) is 5.92 Å². The van der Waals surface area contributed by atoms with Gasteiger partial charge in [0.2, 0.25) is 17.7 Å². The molecule has 5 fully saturated rings. The van der Waals surface area contributed by atoms with Gasteiger partial charge >= 0.3 is 0 Å². The number of nitriles is 1. The molecule has 0 radical (unpaired) electrons. The van der Waals surface area contributed by atoms with E-state index in [1.165, 1.54) is 4.90 Å². The molecule has 2 bridgehead atoms. The maximum Gasteiger partial charge on any atom is 0.255 e. The number of rotatable bonds is 9. The molecule has 204 valence electrons. The lowest BCUT2D eigenvalue weighted by Gasteiger charge is -2.54. The Kier molecular flexibility index (Phi) is 7.25. The Balaban J connectivity index is 1.38. The highest BCUT2D eigenvalue weighted by atomic mass is 19.3. The van der Waals surface area contributed by atoms with Crippen molar-refractivity contribution >= 4 is 23.4 Å². The van der Waals surface area contributed by atoms with Crippen molar-refractivity contribution in [1.82, 2.24) is 20.5 Å². The Morgan fingerprint density at radius 2 is 2.03 bits per heavy atom. The normalized spacial score (nSPS) is 29.2. The Labute approximate surface area is 220 Å². The zero-order chi connectivity index (χ0) is 27.0. The number of anilines is 1. The van der Waals surface area contributed by atoms with Crippen molar-refractivity contribution in [2.75, 3.05) is 11.9 Å². The van der Waals surface area contributed by atoms with E-state index < -0.39 is 54.3 Å². The van der Waals surface area contributed by atoms with Gasteiger partial charge in [0, 0.05) is 37.3 Å². The number of alkyl halides is 2. The molecule has 38 heavy (non-hydrogen) atoms. The molecule has 6 atom stereocenters. The molecule has 9 nitrogen and oxygen atoms in total. The fraction of sp³-hybridized carbons (Fsp3) is 0.667. The SMILES string of the molecule is Cc1cncc(N[C@@H](CC2CC2)C(=O)N2[C@@H]3CC[C@H]([C@@H]2C(=O)N[C@H](C#N)C[C@H]2CCNC2=O)C(F)(F)C3)c1. The molecule has 3 saturated heterocycles. The van der Waals surface area contributed by atoms with Crippen LogP contribution >= 0.6 is 0 Å². The largest absolute Gasteiger partial charge is 0.372 e. The molecule has 1 aromatic rings. The van der Waals surface area contributed by atoms with Crippen molar-refractivity contribution in [2.24, 2.45) is 17.8 Å². The minimum Gasteiger partial charge on any atom is -0.372 e. The average molecular weight is 529 g/mol. The number of nitrogens with zero attached hydrogens (tertiary/aromatic N) is 3. The number of aromatic nitrogens is 1. The second kappa shape index (κ2) is 10.5. The van der Waals surface area contributed by atoms with Crippen LogP contribution in [-0.4, -0.2) is 64.2 Å². The summed E-state index contributed by atoms with van der Waals surface area (Å²) in [7, 11) is 0. The Morgan fingerprint density at radius 3 is 2.66 bits per heavy atom. The van der Waals surface area contributed by atoms with Crippen LogP contribution < -0.4 is 16.0 Å². The van der Waals surface area contributed by atoms with Gasteiger partial charge in [-0.1, -0.05) is 12.8 Å². The summed E-state index contributed by atoms with van der Waals surface area (Å²) >= 11 is 0. The topological polar surface area (TPSA) is 127 Å². The third-order valence-electron chi connectivity index (χ3n) is 8.39. The fourth-order valence-corrected chi connectivity index (χ4v) is 6.30. The van der Waals surface area contributed by atoms with Crippen molar-refractivity contribution in [2.45, 2.75) is 88.4 Å². The van der Waals surface area contributed by atoms with Gasteiger partial charge in [-0.05, 0) is 56.6 Å². The van der Waals surface area contributed by atoms with Gasteiger partial charge in [0.15, 0.2) is 0 Å². The third kappa shape index (κ3) is 5.45. The van der Waals surface area contributed by atoms with Crippen molar-refractivity contribution in [3.05, 3.63) is 24.0 Å². The molecule has 6 rings (SSSR count). The molecule has 0 unspecified atom stereocenters. The van der Waals surface area contributed by atoms with E-state index in [2.05, 4.69) is 20.9 Å². The summed E-state index contributed by atoms with van der Waals surface area (Å²) in [6.45, 7) is 2.39. The van der Waals surface area contributed by atoms with Crippen LogP contribution in [0.15, 0.2) is 18.5 Å². The van der Waals surface area contributed by atoms with Crippen molar-refractivity contribution in [1.29, 1.82) is 5.26 Å². The number of aryl methyl sites for hydroxylation is 1. The second-order valence-corrected chi connectivity index (χ2v) is 11.3. The third-order valence-corrected chi connectivity index (χ3v) is 8.39. The zero-order valence-corrected chi connectivity index (χ0v) is 21.5. The first-order valence-electron chi connectivity index (χ1n) is 13.5. The summed E-state index contributed by atoms with van der Waals surface area (Å²) in [6, 6.07) is 0.0408. The van der Waals surface area contributed by atoms with E-state index in [-0.39, 0.29) is 24.7 Å². The number of pyridine rings is 1. The highest BCUT2D eigenvalue weighted by Crippen LogP contribution is 2.49. The molecule has 3 aliphatic heterocycles. The summed E-state index contributed by atoms with van der Waals surface area (Å²) in [4.78, 5) is 45.1. The number of amides is 3. The molecule has 3 N–H and O–H groups in total. The fourth-order valence-electron chi connectivity index (χ4n) is 6.30. The molecular formula is C27H34F2N6O3. The summed E-state index contributed by atoms with van der Waals surface area (Å²) in [5, 5.41) is 18.2. The van der Waals surface area contributed by atoms with Gasteiger partial charge < -0.3 is 20.9 Å². The summed E-state index contributed by atoms with van der Waals surface area (Å²) in [6.07, 6.45) is 6.59. The van der Waals surface area contributed by atoms with Crippen LogP contribution in [0.5, 0.6) is 0 Å². The quantitative estimate of drug-likeness (QED) is 0.452. The number of hydrogen-bond acceptors (Lipinski definition) is 6. The number of carbonyl (C=O) groups is 3. The van der Waals surface area contributed by atoms with E-state index >= 15 is 8.78 Å². The van der Waals surface area contributed by atoms with Gasteiger partial charge in [0.1, 0.15) is 18.1 Å². The number of carbonyl (C=O) groups excluding carboxylic acids is 3. The molecule has 0 spiro atoms. The van der Waals surface area contributed by atoms with Crippen LogP contribution in [0.4, 0.5) is 14.5 Å². The Morgan fingerprint density at radius 1 is 1.24 bits per heavy atom. The minimum absolute atomic E-state index is 0.103. The van der Waals surface area contributed by atoms with Gasteiger partial charge in [-0.3, -0.25) is 19.4 Å². The highest BCUT2D eigenvalue weighted by Gasteiger charge is 2.61. The van der Waals surface area contributed by atoms with Crippen LogP contribution in [0, 0.1) is 36.0 Å². The summed E-state index contributed by atoms with van der Waals surface area (Å²) in [5.74, 6) is -5.77. The Bertz CT molecular complexity index is 1140. The van der Waals surface area contributed by atoms with Crippen LogP contribution in [0.1, 0.15) is 56.9 Å². The molecule has 0 aromatic carbocycles. The van der Waals surface area contributed by atoms with E-state index in [1.54, 1.807) is 12.4 Å². The van der Waals surface area contributed by atoms with E-state index in [9.17, 15) is 19.6 Å². The van der Waals surface area contributed by atoms with Crippen molar-refractivity contribution < 1.29 is 23.2 Å². The standard InChI is InChI=1S/C27H34F2N6O3/c1-15-8-19(14-31-13-15)33-22(9-16-2-3-16)26(38)35-20-4-5-21(27(28,29)11-20)23(35)25(37)34-18(12-30)10-17-6-7-32-24(17)36/h8,13-14,16-18,20-23,33H,2-7,9-11H2,1H3,(H,32,36)(H,34,37)/t17-,18+,20-,21-,22+,23-/m1/s1. The molecule has 11 heteroatoms. The van der Waals surface area contributed by atoms with Crippen molar-refractivity contribution in [3.8, 4) is 6.07 Å². The number of fused-ring (bicyclic) bond motifs is 3. The highest BCUT2D eigenvalue weighted by molar-refractivity contribution is 5.92. The number of halogens is 2. The maximum absolute atomic E-state index is 15.1. The molecule has 2 aliphatic carbocycles. The van der Waals surface area contributed by atoms with Crippen LogP contribution in [-0.2, 0) is 14.4 Å². The predicted octanol–water partition coefficient (Wildman–Crippen LogP) is 2.52. The predicted molar refractivity (Wildman–Crippen MR) is 134 cm³/mol. The Hall–Kier alpha value is -3.29. The average Bonchev–Trinajstić information content (AvgIpc) is 3.61. The monoisotopic (exact) mass is 528 g/mol. The van der Waals surface area contributed by atoms with Crippen molar-refractivity contribution in [3.63, 3.8) is 0 Å². The number of piperidine rings is 2. The number of hydrogen-bond donors (Lipinski definition) is 3. The first-order chi connectivity index (χ1) is 18.2. The molecule has 1 aromatic heterocycles. The summed E-state index contributed by atoms with van der Waals surface area (Å²) < 4.78 is 30.2. The van der Waals surface area contributed by atoms with Gasteiger partial charge in [0.05, 0.1) is 17.7 Å². The van der Waals surface area contributed by atoms with E-state index in [0.29, 0.717) is 37.4 Å². The van der Waals surface area contributed by atoms with E-state index in [0.717, 1.165) is 18.4 Å². The van der Waals surface area contributed by atoms with Gasteiger partial charge in [-0.25, -0.2) is 8.78 Å². The van der Waals surface area contributed by atoms with Crippen LogP contribution in [0.25, 0.3) is 0 Å². The maximum atomic E-state index is 15.1. The summed E-state index contributed by atoms with van der Waals surface area (Å²) in [5.41, 5.74) is 1.58. The first-order valence-corrected chi connectivity index (χ1v) is 13.5. The molecule has 5 aliphatic rings. The lowest BCUT2D eigenvalue weighted by Crippen LogP contribution is -2.70. The van der Waals surface area contributed by atoms with E-state index in [4.69, 9.17) is 0 Å². The lowest BCUT2D eigenvalue weighted by molar-refractivity contribution is -0.194. The van der Waals surface area contributed by atoms with Gasteiger partial charge in [-0.15, -0.1) is 0 Å². The van der Waals surface area contributed by atoms with E-state index in [1.807, 2.05) is 19.1 Å². The van der Waals surface area contributed by atoms with Crippen LogP contribution in [0.3, 0.4) is 0 Å². The number of nitrogens with one attached hydrogen (secondary N) is 3. The molecule has 4 heterocycles. The lowest BCUT2D eigenvalue weighted by atomic mass is 9.71. The molecule has 3 amide bonds. The van der Waals surface area contributed by atoms with Crippen LogP contribution in [0.2, 0.25) is 0 Å². The zero-order valence-electron chi connectivity index (χ0n) is 21.5. The molecular weight excluding hydrogens is 494 g/mol. The second-order valence-electron chi connectivity index (χ2n) is 11.3. The smallest absolute Gasteiger partial charge is 0.255 e. The van der Waals surface area contributed by atoms with Gasteiger partial charge in [-0.2, -0.15) is 5.26 Å². The minimum atomic E-state index is -3.09. The molecule has 2 saturated carbocycles.